The average Bonchev–Trinajstić information content (AvgIpc) is 2.31. The van der Waals surface area contributed by atoms with E-state index < -0.39 is 29.6 Å². The molecule has 5 N–H and O–H groups in total. The van der Waals surface area contributed by atoms with Crippen LogP contribution in [-0.4, -0.2) is 48.3 Å². The van der Waals surface area contributed by atoms with Crippen LogP contribution in [0.1, 0.15) is 26.7 Å². The van der Waals surface area contributed by atoms with E-state index in [1.807, 2.05) is 0 Å². The molecule has 8 heteroatoms. The number of carboxylic acids is 1. The number of carbonyl (C=O) groups excluding carboxylic acids is 2. The SMILES string of the molecule is COC(C)(C)CNC(=O)N[C@@H](CCC(N)=O)C(=O)O. The molecule has 0 aromatic heterocycles. The zero-order chi connectivity index (χ0) is 15.1. The topological polar surface area (TPSA) is 131 Å². The van der Waals surface area contributed by atoms with Gasteiger partial charge < -0.3 is 26.2 Å². The quantitative estimate of drug-likeness (QED) is 0.471. The van der Waals surface area contributed by atoms with Crippen LogP contribution < -0.4 is 16.4 Å². The van der Waals surface area contributed by atoms with Crippen LogP contribution in [-0.2, 0) is 14.3 Å². The number of methoxy groups -OCH3 is 1. The van der Waals surface area contributed by atoms with Crippen molar-refractivity contribution in [2.75, 3.05) is 13.7 Å². The average molecular weight is 275 g/mol. The maximum atomic E-state index is 11.5. The third-order valence-electron chi connectivity index (χ3n) is 2.51. The van der Waals surface area contributed by atoms with Gasteiger partial charge in [-0.1, -0.05) is 0 Å². The number of amides is 3. The fraction of sp³-hybridized carbons (Fsp3) is 0.727. The van der Waals surface area contributed by atoms with Gasteiger partial charge in [-0.05, 0) is 20.3 Å². The summed E-state index contributed by atoms with van der Waals surface area (Å²) in [5, 5.41) is 13.6. The highest BCUT2D eigenvalue weighted by Crippen LogP contribution is 2.04. The Hall–Kier alpha value is -1.83. The lowest BCUT2D eigenvalue weighted by Gasteiger charge is -2.23. The Morgan fingerprint density at radius 1 is 1.37 bits per heavy atom. The van der Waals surface area contributed by atoms with Crippen molar-refractivity contribution in [3.05, 3.63) is 0 Å². The second kappa shape index (κ2) is 7.57. The summed E-state index contributed by atoms with van der Waals surface area (Å²) >= 11 is 0. The number of carboxylic acid groups (broad SMARTS) is 1. The highest BCUT2D eigenvalue weighted by Gasteiger charge is 2.22. The Labute approximate surface area is 111 Å². The number of hydrogen-bond acceptors (Lipinski definition) is 4. The van der Waals surface area contributed by atoms with E-state index in [1.165, 1.54) is 7.11 Å². The van der Waals surface area contributed by atoms with Crippen molar-refractivity contribution in [1.29, 1.82) is 0 Å². The number of nitrogens with two attached hydrogens (primary N) is 1. The molecule has 0 heterocycles. The van der Waals surface area contributed by atoms with E-state index >= 15 is 0 Å². The van der Waals surface area contributed by atoms with Crippen molar-refractivity contribution in [1.82, 2.24) is 10.6 Å². The smallest absolute Gasteiger partial charge is 0.326 e. The molecule has 0 aliphatic heterocycles. The molecule has 3 amide bonds. The summed E-state index contributed by atoms with van der Waals surface area (Å²) < 4.78 is 5.10. The second-order valence-electron chi connectivity index (χ2n) is 4.69. The van der Waals surface area contributed by atoms with E-state index in [1.54, 1.807) is 13.8 Å². The minimum Gasteiger partial charge on any atom is -0.480 e. The Morgan fingerprint density at radius 3 is 2.37 bits per heavy atom. The Morgan fingerprint density at radius 2 is 1.95 bits per heavy atom. The molecule has 0 aromatic rings. The molecule has 0 rings (SSSR count). The molecule has 0 aliphatic carbocycles. The predicted molar refractivity (Wildman–Crippen MR) is 67.5 cm³/mol. The standard InChI is InChI=1S/C11H21N3O5/c1-11(2,19-3)6-13-10(18)14-7(9(16)17)4-5-8(12)15/h7H,4-6H2,1-3H3,(H2,12,15)(H,16,17)(H2,13,14,18)/t7-/m0/s1. The van der Waals surface area contributed by atoms with Gasteiger partial charge in [0.1, 0.15) is 6.04 Å². The number of primary amides is 1. The molecule has 19 heavy (non-hydrogen) atoms. The number of rotatable bonds is 8. The molecule has 0 aromatic carbocycles. The van der Waals surface area contributed by atoms with E-state index in [-0.39, 0.29) is 19.4 Å². The van der Waals surface area contributed by atoms with Gasteiger partial charge in [-0.25, -0.2) is 9.59 Å². The van der Waals surface area contributed by atoms with Gasteiger partial charge in [-0.15, -0.1) is 0 Å². The van der Waals surface area contributed by atoms with Gasteiger partial charge in [0.25, 0.3) is 0 Å². The van der Waals surface area contributed by atoms with Gasteiger partial charge in [0.05, 0.1) is 5.60 Å². The molecule has 0 aliphatic rings. The molecule has 0 bridgehead atoms. The maximum absolute atomic E-state index is 11.5. The van der Waals surface area contributed by atoms with E-state index in [0.29, 0.717) is 0 Å². The Kier molecular flexibility index (Phi) is 6.84. The molecule has 0 unspecified atom stereocenters. The number of hydrogen-bond donors (Lipinski definition) is 4. The number of ether oxygens (including phenoxy) is 1. The molecule has 1 atom stereocenters. The van der Waals surface area contributed by atoms with Gasteiger partial charge >= 0.3 is 12.0 Å². The first-order chi connectivity index (χ1) is 8.68. The lowest BCUT2D eigenvalue weighted by atomic mass is 10.1. The van der Waals surface area contributed by atoms with E-state index in [4.69, 9.17) is 15.6 Å². The summed E-state index contributed by atoms with van der Waals surface area (Å²) in [4.78, 5) is 33.0. The summed E-state index contributed by atoms with van der Waals surface area (Å²) in [6, 6.07) is -1.79. The monoisotopic (exact) mass is 275 g/mol. The third kappa shape index (κ3) is 7.98. The molecule has 8 nitrogen and oxygen atoms in total. The summed E-state index contributed by atoms with van der Waals surface area (Å²) in [7, 11) is 1.51. The molecule has 0 spiro atoms. The van der Waals surface area contributed by atoms with Gasteiger partial charge in [-0.3, -0.25) is 4.79 Å². The van der Waals surface area contributed by atoms with E-state index in [2.05, 4.69) is 10.6 Å². The van der Waals surface area contributed by atoms with Gasteiger partial charge in [0.15, 0.2) is 0 Å². The Bertz CT molecular complexity index is 343. The van der Waals surface area contributed by atoms with Crippen LogP contribution in [0, 0.1) is 0 Å². The van der Waals surface area contributed by atoms with Crippen LogP contribution in [0.15, 0.2) is 0 Å². The first-order valence-corrected chi connectivity index (χ1v) is 5.78. The molecule has 110 valence electrons. The molecule has 0 radical (unpaired) electrons. The summed E-state index contributed by atoms with van der Waals surface area (Å²) in [5.41, 5.74) is 4.38. The highest BCUT2D eigenvalue weighted by atomic mass is 16.5. The normalized spacial score (nSPS) is 12.6. The van der Waals surface area contributed by atoms with Crippen molar-refractivity contribution in [3.63, 3.8) is 0 Å². The van der Waals surface area contributed by atoms with Crippen molar-refractivity contribution in [2.45, 2.75) is 38.3 Å². The first-order valence-electron chi connectivity index (χ1n) is 5.78. The van der Waals surface area contributed by atoms with Gasteiger partial charge in [-0.2, -0.15) is 0 Å². The largest absolute Gasteiger partial charge is 0.480 e. The molecule has 0 saturated carbocycles. The van der Waals surface area contributed by atoms with Crippen LogP contribution in [0.4, 0.5) is 4.79 Å². The fourth-order valence-electron chi connectivity index (χ4n) is 1.12. The maximum Gasteiger partial charge on any atom is 0.326 e. The van der Waals surface area contributed by atoms with E-state index in [0.717, 1.165) is 0 Å². The summed E-state index contributed by atoms with van der Waals surface area (Å²) in [6.07, 6.45) is -0.160. The van der Waals surface area contributed by atoms with Crippen LogP contribution >= 0.6 is 0 Å². The molecule has 0 fully saturated rings. The first kappa shape index (κ1) is 17.2. The Balaban J connectivity index is 4.25. The van der Waals surface area contributed by atoms with Crippen molar-refractivity contribution in [2.24, 2.45) is 5.73 Å². The molecule has 0 saturated heterocycles. The zero-order valence-corrected chi connectivity index (χ0v) is 11.4. The molecular weight excluding hydrogens is 254 g/mol. The third-order valence-corrected chi connectivity index (χ3v) is 2.51. The van der Waals surface area contributed by atoms with Crippen molar-refractivity contribution in [3.8, 4) is 0 Å². The minimum absolute atomic E-state index is 0.0498. The van der Waals surface area contributed by atoms with Gasteiger partial charge in [0.2, 0.25) is 5.91 Å². The number of carbonyl (C=O) groups is 3. The lowest BCUT2D eigenvalue weighted by Crippen LogP contribution is -2.49. The van der Waals surface area contributed by atoms with Crippen molar-refractivity contribution < 1.29 is 24.2 Å². The minimum atomic E-state index is -1.22. The van der Waals surface area contributed by atoms with Crippen LogP contribution in [0.25, 0.3) is 0 Å². The van der Waals surface area contributed by atoms with Crippen LogP contribution in [0.5, 0.6) is 0 Å². The lowest BCUT2D eigenvalue weighted by molar-refractivity contribution is -0.139. The highest BCUT2D eigenvalue weighted by molar-refractivity contribution is 5.83. The van der Waals surface area contributed by atoms with Crippen molar-refractivity contribution >= 4 is 17.9 Å². The van der Waals surface area contributed by atoms with E-state index in [9.17, 15) is 14.4 Å². The van der Waals surface area contributed by atoms with Gasteiger partial charge in [0, 0.05) is 20.1 Å². The van der Waals surface area contributed by atoms with Crippen LogP contribution in [0.3, 0.4) is 0 Å². The molecular formula is C11H21N3O5. The number of aliphatic carboxylic acids is 1. The summed E-state index contributed by atoms with van der Waals surface area (Å²) in [6.45, 7) is 3.77. The second-order valence-corrected chi connectivity index (χ2v) is 4.69. The summed E-state index contributed by atoms with van der Waals surface area (Å²) in [5.74, 6) is -1.84. The predicted octanol–water partition coefficient (Wildman–Crippen LogP) is -0.571. The zero-order valence-electron chi connectivity index (χ0n) is 11.4. The number of urea groups is 1. The van der Waals surface area contributed by atoms with Crippen LogP contribution in [0.2, 0.25) is 0 Å². The fourth-order valence-corrected chi connectivity index (χ4v) is 1.12. The number of nitrogens with one attached hydrogen (secondary N) is 2.